The number of aromatic nitrogens is 1. The lowest BCUT2D eigenvalue weighted by Gasteiger charge is -2.23. The number of ether oxygens (including phenoxy) is 1. The molecule has 0 saturated carbocycles. The van der Waals surface area contributed by atoms with Gasteiger partial charge in [-0.2, -0.15) is 0 Å². The monoisotopic (exact) mass is 497 g/mol. The molecule has 2 aromatic rings. The molecule has 32 heavy (non-hydrogen) atoms. The molecule has 1 aromatic heterocycles. The summed E-state index contributed by atoms with van der Waals surface area (Å²) in [5, 5.41) is 13.0. The highest BCUT2D eigenvalue weighted by atomic mass is 35.5. The number of halogens is 2. The van der Waals surface area contributed by atoms with Crippen LogP contribution in [0.3, 0.4) is 0 Å². The quantitative estimate of drug-likeness (QED) is 0.576. The topological polar surface area (TPSA) is 109 Å². The summed E-state index contributed by atoms with van der Waals surface area (Å²) in [7, 11) is 0. The minimum absolute atomic E-state index is 0.0162. The first-order chi connectivity index (χ1) is 15.3. The molecule has 1 aliphatic rings. The van der Waals surface area contributed by atoms with Gasteiger partial charge in [0.2, 0.25) is 11.8 Å². The highest BCUT2D eigenvalue weighted by Gasteiger charge is 2.35. The molecule has 1 fully saturated rings. The van der Waals surface area contributed by atoms with Crippen molar-refractivity contribution in [3.63, 3.8) is 0 Å². The van der Waals surface area contributed by atoms with Crippen LogP contribution in [0.2, 0.25) is 10.0 Å². The summed E-state index contributed by atoms with van der Waals surface area (Å²) in [6.45, 7) is 1.54. The van der Waals surface area contributed by atoms with Crippen molar-refractivity contribution in [3.05, 3.63) is 57.8 Å². The Balaban J connectivity index is 1.60. The molecular weight excluding hydrogens is 477 g/mol. The molecule has 0 spiro atoms. The molecule has 2 atom stereocenters. The largest absolute Gasteiger partial charge is 0.487 e. The van der Waals surface area contributed by atoms with Gasteiger partial charge in [0.05, 0.1) is 12.1 Å². The summed E-state index contributed by atoms with van der Waals surface area (Å²) in [5.41, 5.74) is 1.11. The first kappa shape index (κ1) is 24.2. The van der Waals surface area contributed by atoms with Gasteiger partial charge < -0.3 is 20.1 Å². The lowest BCUT2D eigenvalue weighted by Crippen LogP contribution is -2.52. The zero-order valence-electron chi connectivity index (χ0n) is 17.1. The molecule has 2 N–H and O–H groups in total. The molecule has 2 unspecified atom stereocenters. The smallest absolute Gasteiger partial charge is 0.326 e. The highest BCUT2D eigenvalue weighted by Crippen LogP contribution is 2.26. The molecule has 2 heterocycles. The van der Waals surface area contributed by atoms with Crippen LogP contribution in [0.4, 0.5) is 0 Å². The fourth-order valence-electron chi connectivity index (χ4n) is 3.09. The van der Waals surface area contributed by atoms with Gasteiger partial charge in [-0.1, -0.05) is 29.3 Å². The zero-order chi connectivity index (χ0) is 23.3. The van der Waals surface area contributed by atoms with E-state index < -0.39 is 24.0 Å². The number of carboxylic acid groups (broad SMARTS) is 1. The predicted octanol–water partition coefficient (Wildman–Crippen LogP) is 3.00. The van der Waals surface area contributed by atoms with Crippen LogP contribution >= 0.6 is 35.0 Å². The van der Waals surface area contributed by atoms with Crippen molar-refractivity contribution in [2.24, 2.45) is 0 Å². The van der Waals surface area contributed by atoms with Gasteiger partial charge in [-0.25, -0.2) is 4.79 Å². The third-order valence-corrected chi connectivity index (χ3v) is 6.58. The number of rotatable bonds is 8. The zero-order valence-corrected chi connectivity index (χ0v) is 19.4. The number of carbonyl (C=O) groups excluding carboxylic acids is 2. The third-order valence-electron chi connectivity index (χ3n) is 4.86. The normalized spacial score (nSPS) is 16.5. The van der Waals surface area contributed by atoms with Crippen molar-refractivity contribution in [1.29, 1.82) is 0 Å². The van der Waals surface area contributed by atoms with Gasteiger partial charge >= 0.3 is 5.97 Å². The molecule has 170 valence electrons. The Morgan fingerprint density at radius 3 is 2.59 bits per heavy atom. The summed E-state index contributed by atoms with van der Waals surface area (Å²) in [6.07, 6.45) is 1.45. The molecule has 0 radical (unpaired) electrons. The molecule has 8 nitrogen and oxygen atoms in total. The molecule has 1 aliphatic heterocycles. The summed E-state index contributed by atoms with van der Waals surface area (Å²) in [4.78, 5) is 41.6. The van der Waals surface area contributed by atoms with Crippen molar-refractivity contribution in [2.75, 3.05) is 11.6 Å². The number of hydrogen-bond acceptors (Lipinski definition) is 6. The summed E-state index contributed by atoms with van der Waals surface area (Å²) >= 11 is 13.7. The summed E-state index contributed by atoms with van der Waals surface area (Å²) in [6, 6.07) is 6.59. The molecular formula is C21H21Cl2N3O5S. The van der Waals surface area contributed by atoms with Crippen LogP contribution in [0.1, 0.15) is 18.2 Å². The van der Waals surface area contributed by atoms with E-state index in [4.69, 9.17) is 27.9 Å². The van der Waals surface area contributed by atoms with Gasteiger partial charge in [0.15, 0.2) is 0 Å². The Labute approximate surface area is 199 Å². The van der Waals surface area contributed by atoms with Crippen LogP contribution in [0.25, 0.3) is 0 Å². The van der Waals surface area contributed by atoms with E-state index in [2.05, 4.69) is 10.3 Å². The number of thioether (sulfide) groups is 1. The Hall–Kier alpha value is -2.49. The maximum absolute atomic E-state index is 12.6. The number of carbonyl (C=O) groups is 3. The van der Waals surface area contributed by atoms with Gasteiger partial charge in [-0.15, -0.1) is 11.8 Å². The minimum atomic E-state index is -1.19. The number of hydrogen-bond donors (Lipinski definition) is 2. The van der Waals surface area contributed by atoms with E-state index in [1.807, 2.05) is 0 Å². The summed E-state index contributed by atoms with van der Waals surface area (Å²) in [5.74, 6) is -0.605. The Kier molecular flexibility index (Phi) is 8.22. The molecule has 11 heteroatoms. The third kappa shape index (κ3) is 6.05. The lowest BCUT2D eigenvalue weighted by molar-refractivity contribution is -0.143. The predicted molar refractivity (Wildman–Crippen MR) is 122 cm³/mol. The van der Waals surface area contributed by atoms with Crippen molar-refractivity contribution in [3.8, 4) is 5.75 Å². The SMILES string of the molecule is CC(=O)N1CSCC1C(=O)NC(Cc1ccc(OCc2c(Cl)cccc2Cl)cn1)C(=O)O. The van der Waals surface area contributed by atoms with Crippen LogP contribution in [-0.4, -0.2) is 56.5 Å². The molecule has 3 rings (SSSR count). The lowest BCUT2D eigenvalue weighted by atomic mass is 10.1. The van der Waals surface area contributed by atoms with Crippen molar-refractivity contribution in [2.45, 2.75) is 32.0 Å². The van der Waals surface area contributed by atoms with E-state index in [1.54, 1.807) is 30.3 Å². The Morgan fingerprint density at radius 2 is 2.00 bits per heavy atom. The second kappa shape index (κ2) is 10.9. The van der Waals surface area contributed by atoms with E-state index in [9.17, 15) is 19.5 Å². The van der Waals surface area contributed by atoms with Gasteiger partial charge in [-0.3, -0.25) is 14.6 Å². The van der Waals surface area contributed by atoms with Gasteiger partial charge in [0, 0.05) is 40.4 Å². The number of amides is 2. The maximum atomic E-state index is 12.6. The van der Waals surface area contributed by atoms with E-state index >= 15 is 0 Å². The van der Waals surface area contributed by atoms with Crippen LogP contribution in [0.5, 0.6) is 5.75 Å². The number of nitrogens with one attached hydrogen (secondary N) is 1. The second-order valence-electron chi connectivity index (χ2n) is 7.08. The average molecular weight is 498 g/mol. The van der Waals surface area contributed by atoms with Crippen molar-refractivity contribution < 1.29 is 24.2 Å². The highest BCUT2D eigenvalue weighted by molar-refractivity contribution is 7.99. The summed E-state index contributed by atoms with van der Waals surface area (Å²) < 4.78 is 5.67. The minimum Gasteiger partial charge on any atom is -0.487 e. The fraction of sp³-hybridized carbons (Fsp3) is 0.333. The maximum Gasteiger partial charge on any atom is 0.326 e. The molecule has 0 aliphatic carbocycles. The van der Waals surface area contributed by atoms with Gasteiger partial charge in [-0.05, 0) is 24.3 Å². The van der Waals surface area contributed by atoms with E-state index in [1.165, 1.54) is 29.8 Å². The Bertz CT molecular complexity index is 985. The van der Waals surface area contributed by atoms with Crippen molar-refractivity contribution >= 4 is 52.7 Å². The fourth-order valence-corrected chi connectivity index (χ4v) is 4.82. The number of aliphatic carboxylic acids is 1. The van der Waals surface area contributed by atoms with Gasteiger partial charge in [0.1, 0.15) is 24.4 Å². The van der Waals surface area contributed by atoms with Gasteiger partial charge in [0.25, 0.3) is 0 Å². The van der Waals surface area contributed by atoms with Crippen LogP contribution in [-0.2, 0) is 27.4 Å². The first-order valence-electron chi connectivity index (χ1n) is 9.65. The molecule has 2 amide bonds. The number of benzene rings is 1. The molecule has 1 aromatic carbocycles. The number of nitrogens with zero attached hydrogens (tertiary/aromatic N) is 2. The first-order valence-corrected chi connectivity index (χ1v) is 11.6. The average Bonchev–Trinajstić information content (AvgIpc) is 3.24. The van der Waals surface area contributed by atoms with E-state index in [-0.39, 0.29) is 18.9 Å². The standard InChI is InChI=1S/C21H21Cl2N3O5S/c1-12(27)26-11-32-10-19(26)20(28)25-18(21(29)30)7-13-5-6-14(8-24-13)31-9-15-16(22)3-2-4-17(15)23/h2-6,8,18-19H,7,9-11H2,1H3,(H,25,28)(H,29,30). The van der Waals surface area contributed by atoms with E-state index in [0.29, 0.717) is 38.7 Å². The second-order valence-corrected chi connectivity index (χ2v) is 8.90. The number of pyridine rings is 1. The van der Waals surface area contributed by atoms with Crippen LogP contribution < -0.4 is 10.1 Å². The number of carboxylic acids is 1. The Morgan fingerprint density at radius 1 is 1.28 bits per heavy atom. The molecule has 1 saturated heterocycles. The van der Waals surface area contributed by atoms with Crippen LogP contribution in [0, 0.1) is 0 Å². The van der Waals surface area contributed by atoms with E-state index in [0.717, 1.165) is 0 Å². The van der Waals surface area contributed by atoms with Crippen molar-refractivity contribution in [1.82, 2.24) is 15.2 Å². The van der Waals surface area contributed by atoms with Crippen LogP contribution in [0.15, 0.2) is 36.5 Å². The molecule has 0 bridgehead atoms.